The van der Waals surface area contributed by atoms with E-state index in [1.54, 1.807) is 0 Å². The lowest BCUT2D eigenvalue weighted by atomic mass is 10.1. The normalized spacial score (nSPS) is 12.2. The molecule has 0 unspecified atom stereocenters. The zero-order chi connectivity index (χ0) is 15.3. The Bertz CT molecular complexity index is 604. The minimum absolute atomic E-state index is 0.209. The summed E-state index contributed by atoms with van der Waals surface area (Å²) in [6, 6.07) is 14.1. The molecular weight excluding hydrogens is 279 g/mol. The van der Waals surface area contributed by atoms with Crippen LogP contribution in [0, 0.1) is 0 Å². The average Bonchev–Trinajstić information content (AvgIpc) is 2.46. The smallest absolute Gasteiger partial charge is 0.370 e. The Balaban J connectivity index is 1.97. The zero-order valence-electron chi connectivity index (χ0n) is 11.1. The van der Waals surface area contributed by atoms with Crippen LogP contribution in [0.25, 0.3) is 0 Å². The van der Waals surface area contributed by atoms with Crippen LogP contribution in [0.2, 0.25) is 0 Å². The van der Waals surface area contributed by atoms with Crippen LogP contribution in [0.5, 0.6) is 0 Å². The molecule has 0 heterocycles. The van der Waals surface area contributed by atoms with Gasteiger partial charge in [0.25, 0.3) is 0 Å². The third kappa shape index (κ3) is 4.52. The van der Waals surface area contributed by atoms with E-state index in [9.17, 15) is 13.2 Å². The number of benzene rings is 2. The van der Waals surface area contributed by atoms with Gasteiger partial charge in [-0.25, -0.2) is 4.99 Å². The molecule has 21 heavy (non-hydrogen) atoms. The number of para-hydroxylation sites is 1. The van der Waals surface area contributed by atoms with Gasteiger partial charge in [0.2, 0.25) is 0 Å². The maximum Gasteiger partial charge on any atom is 0.416 e. The van der Waals surface area contributed by atoms with Crippen LogP contribution < -0.4 is 11.1 Å². The van der Waals surface area contributed by atoms with Crippen molar-refractivity contribution in [3.05, 3.63) is 65.7 Å². The highest BCUT2D eigenvalue weighted by Crippen LogP contribution is 2.29. The molecule has 2 rings (SSSR count). The minimum Gasteiger partial charge on any atom is -0.370 e. The van der Waals surface area contributed by atoms with Crippen LogP contribution in [0.4, 0.5) is 18.9 Å². The Morgan fingerprint density at radius 3 is 2.19 bits per heavy atom. The van der Waals surface area contributed by atoms with Crippen LogP contribution in [-0.2, 0) is 12.7 Å². The third-order valence-electron chi connectivity index (χ3n) is 2.76. The Hall–Kier alpha value is -2.50. The summed E-state index contributed by atoms with van der Waals surface area (Å²) in [5.74, 6) is 0.209. The highest BCUT2D eigenvalue weighted by atomic mass is 19.4. The summed E-state index contributed by atoms with van der Waals surface area (Å²) >= 11 is 0. The number of aliphatic imine (C=N–C) groups is 1. The topological polar surface area (TPSA) is 50.4 Å². The van der Waals surface area contributed by atoms with E-state index >= 15 is 0 Å². The van der Waals surface area contributed by atoms with E-state index in [-0.39, 0.29) is 12.5 Å². The number of anilines is 1. The molecule has 0 amide bonds. The lowest BCUT2D eigenvalue weighted by Gasteiger charge is -2.07. The molecule has 3 N–H and O–H groups in total. The lowest BCUT2D eigenvalue weighted by Crippen LogP contribution is -2.22. The fourth-order valence-electron chi connectivity index (χ4n) is 1.68. The van der Waals surface area contributed by atoms with E-state index in [0.29, 0.717) is 5.56 Å². The highest BCUT2D eigenvalue weighted by Gasteiger charge is 2.29. The van der Waals surface area contributed by atoms with E-state index in [0.717, 1.165) is 17.8 Å². The first kappa shape index (κ1) is 14.9. The fraction of sp³-hybridized carbons (Fsp3) is 0.133. The van der Waals surface area contributed by atoms with E-state index in [1.807, 2.05) is 30.3 Å². The van der Waals surface area contributed by atoms with Gasteiger partial charge in [-0.3, -0.25) is 0 Å². The van der Waals surface area contributed by atoms with Crippen molar-refractivity contribution in [1.82, 2.24) is 0 Å². The van der Waals surface area contributed by atoms with Crippen molar-refractivity contribution in [2.75, 3.05) is 5.32 Å². The number of nitrogens with zero attached hydrogens (tertiary/aromatic N) is 1. The number of halogens is 3. The number of hydrogen-bond donors (Lipinski definition) is 2. The predicted octanol–water partition coefficient (Wildman–Crippen LogP) is 3.63. The van der Waals surface area contributed by atoms with E-state index < -0.39 is 11.7 Å². The second-order valence-electron chi connectivity index (χ2n) is 4.39. The fourth-order valence-corrected chi connectivity index (χ4v) is 1.68. The van der Waals surface area contributed by atoms with Crippen LogP contribution in [0.1, 0.15) is 11.1 Å². The summed E-state index contributed by atoms with van der Waals surface area (Å²) in [7, 11) is 0. The molecular formula is C15H14F3N3. The third-order valence-corrected chi connectivity index (χ3v) is 2.76. The largest absolute Gasteiger partial charge is 0.416 e. The molecule has 0 saturated heterocycles. The number of rotatable bonds is 3. The second kappa shape index (κ2) is 6.30. The molecule has 3 nitrogen and oxygen atoms in total. The molecule has 0 aliphatic heterocycles. The van der Waals surface area contributed by atoms with Gasteiger partial charge < -0.3 is 11.1 Å². The number of hydrogen-bond acceptors (Lipinski definition) is 1. The number of guanidine groups is 1. The van der Waals surface area contributed by atoms with E-state index in [4.69, 9.17) is 5.73 Å². The van der Waals surface area contributed by atoms with Crippen molar-refractivity contribution in [1.29, 1.82) is 0 Å². The molecule has 0 aliphatic carbocycles. The van der Waals surface area contributed by atoms with Crippen molar-refractivity contribution < 1.29 is 13.2 Å². The highest BCUT2D eigenvalue weighted by molar-refractivity contribution is 5.92. The van der Waals surface area contributed by atoms with Crippen LogP contribution in [0.15, 0.2) is 59.6 Å². The van der Waals surface area contributed by atoms with Gasteiger partial charge in [-0.1, -0.05) is 30.3 Å². The summed E-state index contributed by atoms with van der Waals surface area (Å²) < 4.78 is 37.3. The molecule has 2 aromatic carbocycles. The summed E-state index contributed by atoms with van der Waals surface area (Å²) in [6.07, 6.45) is -4.32. The maximum absolute atomic E-state index is 12.4. The molecule has 0 radical (unpaired) electrons. The van der Waals surface area contributed by atoms with Crippen molar-refractivity contribution in [2.24, 2.45) is 10.7 Å². The van der Waals surface area contributed by atoms with Gasteiger partial charge in [0.15, 0.2) is 5.96 Å². The van der Waals surface area contributed by atoms with Crippen LogP contribution in [-0.4, -0.2) is 5.96 Å². The Morgan fingerprint density at radius 2 is 1.62 bits per heavy atom. The maximum atomic E-state index is 12.4. The molecule has 2 aromatic rings. The van der Waals surface area contributed by atoms with Gasteiger partial charge in [0, 0.05) is 5.69 Å². The number of nitrogens with one attached hydrogen (secondary N) is 1. The monoisotopic (exact) mass is 293 g/mol. The molecule has 0 aromatic heterocycles. The van der Waals surface area contributed by atoms with Gasteiger partial charge in [-0.2, -0.15) is 13.2 Å². The zero-order valence-corrected chi connectivity index (χ0v) is 11.1. The van der Waals surface area contributed by atoms with Crippen LogP contribution >= 0.6 is 0 Å². The molecule has 0 spiro atoms. The predicted molar refractivity (Wildman–Crippen MR) is 76.8 cm³/mol. The Labute approximate surface area is 120 Å². The van der Waals surface area contributed by atoms with Gasteiger partial charge in [-0.15, -0.1) is 0 Å². The Kier molecular flexibility index (Phi) is 4.47. The lowest BCUT2D eigenvalue weighted by molar-refractivity contribution is -0.137. The molecule has 0 aliphatic rings. The second-order valence-corrected chi connectivity index (χ2v) is 4.39. The van der Waals surface area contributed by atoms with Crippen molar-refractivity contribution in [3.8, 4) is 0 Å². The molecule has 0 bridgehead atoms. The summed E-state index contributed by atoms with van der Waals surface area (Å²) in [5, 5.41) is 2.90. The van der Waals surface area contributed by atoms with Gasteiger partial charge in [0.1, 0.15) is 0 Å². The minimum atomic E-state index is -4.32. The van der Waals surface area contributed by atoms with Crippen LogP contribution in [0.3, 0.4) is 0 Å². The van der Waals surface area contributed by atoms with Gasteiger partial charge in [-0.05, 0) is 29.8 Å². The van der Waals surface area contributed by atoms with Crippen molar-refractivity contribution in [2.45, 2.75) is 12.7 Å². The molecule has 0 atom stereocenters. The Morgan fingerprint density at radius 1 is 1.00 bits per heavy atom. The van der Waals surface area contributed by atoms with E-state index in [1.165, 1.54) is 12.1 Å². The average molecular weight is 293 g/mol. The number of alkyl halides is 3. The number of nitrogens with two attached hydrogens (primary N) is 1. The van der Waals surface area contributed by atoms with Crippen molar-refractivity contribution in [3.63, 3.8) is 0 Å². The molecule has 0 saturated carbocycles. The van der Waals surface area contributed by atoms with Gasteiger partial charge >= 0.3 is 6.18 Å². The molecule has 0 fully saturated rings. The quantitative estimate of drug-likeness (QED) is 0.670. The summed E-state index contributed by atoms with van der Waals surface area (Å²) in [6.45, 7) is 0.212. The first-order valence-electron chi connectivity index (χ1n) is 6.23. The molecule has 6 heteroatoms. The SMILES string of the molecule is NC(=NCc1ccc(C(F)(F)F)cc1)Nc1ccccc1. The standard InChI is InChI=1S/C15H14F3N3/c16-15(17,18)12-8-6-11(7-9-12)10-20-14(19)21-13-4-2-1-3-5-13/h1-9H,10H2,(H3,19,20,21). The van der Waals surface area contributed by atoms with Gasteiger partial charge in [0.05, 0.1) is 12.1 Å². The first-order chi connectivity index (χ1) is 9.95. The first-order valence-corrected chi connectivity index (χ1v) is 6.23. The van der Waals surface area contributed by atoms with Crippen molar-refractivity contribution >= 4 is 11.6 Å². The summed E-state index contributed by atoms with van der Waals surface area (Å²) in [4.78, 5) is 4.08. The molecule has 110 valence electrons. The summed E-state index contributed by atoms with van der Waals surface area (Å²) in [5.41, 5.74) is 6.49. The van der Waals surface area contributed by atoms with E-state index in [2.05, 4.69) is 10.3 Å².